The molecule has 0 radical (unpaired) electrons. The van der Waals surface area contributed by atoms with Crippen LogP contribution in [0.4, 0.5) is 0 Å². The van der Waals surface area contributed by atoms with Crippen molar-refractivity contribution >= 4 is 29.9 Å². The Morgan fingerprint density at radius 1 is 1.00 bits per heavy atom. The summed E-state index contributed by atoms with van der Waals surface area (Å²) in [6, 6.07) is 17.6. The van der Waals surface area contributed by atoms with Crippen molar-refractivity contribution in [3.63, 3.8) is 0 Å². The van der Waals surface area contributed by atoms with Crippen LogP contribution < -0.4 is 10.5 Å². The Labute approximate surface area is 159 Å². The minimum Gasteiger partial charge on any atom is -0.457 e. The van der Waals surface area contributed by atoms with Gasteiger partial charge in [0.15, 0.2) is 5.96 Å². The van der Waals surface area contributed by atoms with E-state index in [1.165, 1.54) is 0 Å². The van der Waals surface area contributed by atoms with Crippen molar-refractivity contribution < 1.29 is 9.47 Å². The molecule has 128 valence electrons. The molecule has 0 amide bonds. The van der Waals surface area contributed by atoms with Gasteiger partial charge in [-0.15, -0.1) is 24.0 Å². The summed E-state index contributed by atoms with van der Waals surface area (Å²) < 4.78 is 11.1. The van der Waals surface area contributed by atoms with Crippen LogP contribution in [0.25, 0.3) is 0 Å². The number of nitrogens with two attached hydrogens (primary N) is 1. The van der Waals surface area contributed by atoms with Gasteiger partial charge in [-0.2, -0.15) is 0 Å². The van der Waals surface area contributed by atoms with Crippen molar-refractivity contribution in [2.24, 2.45) is 10.7 Å². The summed E-state index contributed by atoms with van der Waals surface area (Å²) in [7, 11) is 0. The molecule has 1 heterocycles. The van der Waals surface area contributed by atoms with Gasteiger partial charge >= 0.3 is 0 Å². The van der Waals surface area contributed by atoms with Crippen LogP contribution in [0.5, 0.6) is 11.5 Å². The predicted octanol–water partition coefficient (Wildman–Crippen LogP) is 3.24. The summed E-state index contributed by atoms with van der Waals surface area (Å²) in [5, 5.41) is 0. The Hall–Kier alpha value is -1.80. The average Bonchev–Trinajstić information content (AvgIpc) is 2.62. The summed E-state index contributed by atoms with van der Waals surface area (Å²) in [6.45, 7) is 3.59. The smallest absolute Gasteiger partial charge is 0.191 e. The van der Waals surface area contributed by atoms with Crippen LogP contribution in [-0.2, 0) is 11.3 Å². The third-order valence-electron chi connectivity index (χ3n) is 3.66. The number of halogens is 1. The Kier molecular flexibility index (Phi) is 7.33. The molecule has 2 aromatic rings. The molecular weight excluding hydrogens is 417 g/mol. The number of nitrogens with zero attached hydrogens (tertiary/aromatic N) is 2. The maximum atomic E-state index is 6.02. The molecule has 0 aromatic heterocycles. The Morgan fingerprint density at radius 2 is 1.62 bits per heavy atom. The van der Waals surface area contributed by atoms with Gasteiger partial charge in [0.1, 0.15) is 11.5 Å². The molecule has 6 heteroatoms. The van der Waals surface area contributed by atoms with Gasteiger partial charge in [0.25, 0.3) is 0 Å². The zero-order valence-electron chi connectivity index (χ0n) is 13.4. The lowest BCUT2D eigenvalue weighted by Crippen LogP contribution is -2.44. The quantitative estimate of drug-likeness (QED) is 0.452. The molecule has 3 rings (SSSR count). The summed E-state index contributed by atoms with van der Waals surface area (Å²) >= 11 is 0. The number of hydrogen-bond donors (Lipinski definition) is 1. The summed E-state index contributed by atoms with van der Waals surface area (Å²) in [4.78, 5) is 6.51. The molecule has 1 fully saturated rings. The minimum absolute atomic E-state index is 0. The SMILES string of the molecule is I.NC(=NCc1ccc(Oc2ccccc2)cc1)N1CCOCC1. The molecule has 0 saturated carbocycles. The second kappa shape index (κ2) is 9.48. The lowest BCUT2D eigenvalue weighted by molar-refractivity contribution is 0.0674. The molecule has 24 heavy (non-hydrogen) atoms. The summed E-state index contributed by atoms with van der Waals surface area (Å²) in [5.41, 5.74) is 7.12. The van der Waals surface area contributed by atoms with E-state index in [9.17, 15) is 0 Å². The lowest BCUT2D eigenvalue weighted by atomic mass is 10.2. The van der Waals surface area contributed by atoms with Gasteiger partial charge in [-0.05, 0) is 29.8 Å². The molecule has 1 aliphatic rings. The van der Waals surface area contributed by atoms with Crippen molar-refractivity contribution in [1.82, 2.24) is 4.90 Å². The van der Waals surface area contributed by atoms with Crippen molar-refractivity contribution in [2.45, 2.75) is 6.54 Å². The first-order chi connectivity index (χ1) is 11.3. The molecule has 5 nitrogen and oxygen atoms in total. The number of aliphatic imine (C=N–C) groups is 1. The highest BCUT2D eigenvalue weighted by atomic mass is 127. The third-order valence-corrected chi connectivity index (χ3v) is 3.66. The first-order valence-corrected chi connectivity index (χ1v) is 7.76. The van der Waals surface area contributed by atoms with Gasteiger partial charge in [-0.1, -0.05) is 30.3 Å². The zero-order valence-corrected chi connectivity index (χ0v) is 15.8. The van der Waals surface area contributed by atoms with E-state index in [-0.39, 0.29) is 24.0 Å². The van der Waals surface area contributed by atoms with Crippen LogP contribution in [-0.4, -0.2) is 37.2 Å². The summed E-state index contributed by atoms with van der Waals surface area (Å²) in [6.07, 6.45) is 0. The fourth-order valence-corrected chi connectivity index (χ4v) is 2.35. The number of morpholine rings is 1. The second-order valence-corrected chi connectivity index (χ2v) is 5.33. The maximum absolute atomic E-state index is 6.02. The summed E-state index contributed by atoms with van der Waals surface area (Å²) in [5.74, 6) is 2.22. The molecule has 2 N–H and O–H groups in total. The van der Waals surface area contributed by atoms with E-state index in [0.717, 1.165) is 30.2 Å². The highest BCUT2D eigenvalue weighted by Crippen LogP contribution is 2.21. The van der Waals surface area contributed by atoms with Crippen molar-refractivity contribution in [3.05, 3.63) is 60.2 Å². The van der Waals surface area contributed by atoms with Crippen LogP contribution >= 0.6 is 24.0 Å². The Bertz CT molecular complexity index is 641. The van der Waals surface area contributed by atoms with Crippen molar-refractivity contribution in [2.75, 3.05) is 26.3 Å². The van der Waals surface area contributed by atoms with E-state index in [1.807, 2.05) is 54.6 Å². The largest absolute Gasteiger partial charge is 0.457 e. The molecule has 0 unspecified atom stereocenters. The van der Waals surface area contributed by atoms with Crippen LogP contribution in [0.1, 0.15) is 5.56 Å². The van der Waals surface area contributed by atoms with E-state index in [0.29, 0.717) is 25.7 Å². The minimum atomic E-state index is 0. The fourth-order valence-electron chi connectivity index (χ4n) is 2.35. The monoisotopic (exact) mass is 439 g/mol. The van der Waals surface area contributed by atoms with Gasteiger partial charge in [-0.3, -0.25) is 0 Å². The second-order valence-electron chi connectivity index (χ2n) is 5.33. The third kappa shape index (κ3) is 5.38. The fraction of sp³-hybridized carbons (Fsp3) is 0.278. The van der Waals surface area contributed by atoms with Crippen molar-refractivity contribution in [3.8, 4) is 11.5 Å². The first kappa shape index (κ1) is 18.5. The topological polar surface area (TPSA) is 60.1 Å². The standard InChI is InChI=1S/C18H21N3O2.HI/c19-18(21-10-12-22-13-11-21)20-14-15-6-8-17(9-7-15)23-16-4-2-1-3-5-16;/h1-9H,10-14H2,(H2,19,20);1H. The number of hydrogen-bond acceptors (Lipinski definition) is 3. The van der Waals surface area contributed by atoms with Gasteiger partial charge in [0.05, 0.1) is 19.8 Å². The van der Waals surface area contributed by atoms with Crippen LogP contribution in [0.3, 0.4) is 0 Å². The lowest BCUT2D eigenvalue weighted by Gasteiger charge is -2.27. The first-order valence-electron chi connectivity index (χ1n) is 7.76. The van der Waals surface area contributed by atoms with E-state index in [4.69, 9.17) is 15.2 Å². The molecule has 0 atom stereocenters. The highest BCUT2D eigenvalue weighted by Gasteiger charge is 2.11. The normalized spacial score (nSPS) is 14.8. The van der Waals surface area contributed by atoms with E-state index >= 15 is 0 Å². The number of guanidine groups is 1. The zero-order chi connectivity index (χ0) is 15.9. The molecule has 0 bridgehead atoms. The van der Waals surface area contributed by atoms with E-state index in [1.54, 1.807) is 0 Å². The molecular formula is C18H22IN3O2. The number of benzene rings is 2. The van der Waals surface area contributed by atoms with Gasteiger partial charge in [0, 0.05) is 13.1 Å². The van der Waals surface area contributed by atoms with E-state index in [2.05, 4.69) is 9.89 Å². The number of rotatable bonds is 4. The highest BCUT2D eigenvalue weighted by molar-refractivity contribution is 14.0. The Morgan fingerprint density at radius 3 is 2.29 bits per heavy atom. The molecule has 1 aliphatic heterocycles. The molecule has 0 spiro atoms. The predicted molar refractivity (Wildman–Crippen MR) is 106 cm³/mol. The average molecular weight is 439 g/mol. The maximum Gasteiger partial charge on any atom is 0.191 e. The number of ether oxygens (including phenoxy) is 2. The van der Waals surface area contributed by atoms with Crippen LogP contribution in [0.2, 0.25) is 0 Å². The van der Waals surface area contributed by atoms with Gasteiger partial charge < -0.3 is 20.1 Å². The molecule has 0 aliphatic carbocycles. The Balaban J connectivity index is 0.00000208. The van der Waals surface area contributed by atoms with Gasteiger partial charge in [0.2, 0.25) is 0 Å². The van der Waals surface area contributed by atoms with Gasteiger partial charge in [-0.25, -0.2) is 4.99 Å². The van der Waals surface area contributed by atoms with Crippen LogP contribution in [0.15, 0.2) is 59.6 Å². The van der Waals surface area contributed by atoms with Crippen molar-refractivity contribution in [1.29, 1.82) is 0 Å². The molecule has 1 saturated heterocycles. The molecule has 2 aromatic carbocycles. The van der Waals surface area contributed by atoms with Crippen LogP contribution in [0, 0.1) is 0 Å². The van der Waals surface area contributed by atoms with E-state index < -0.39 is 0 Å². The number of para-hydroxylation sites is 1.